The maximum Gasteiger partial charge on any atom is 0.228 e. The van der Waals surface area contributed by atoms with Crippen LogP contribution in [-0.4, -0.2) is 20.6 Å². The normalized spacial score (nSPS) is 12.1. The lowest BCUT2D eigenvalue weighted by atomic mass is 9.94. The summed E-state index contributed by atoms with van der Waals surface area (Å²) in [6.45, 7) is 6.19. The number of carbonyl (C=O) groups excluding carboxylic acids is 1. The summed E-state index contributed by atoms with van der Waals surface area (Å²) in [6, 6.07) is 8.02. The van der Waals surface area contributed by atoms with Crippen molar-refractivity contribution >= 4 is 5.91 Å². The summed E-state index contributed by atoms with van der Waals surface area (Å²) in [5, 5.41) is 6.99. The minimum atomic E-state index is -0.247. The van der Waals surface area contributed by atoms with Gasteiger partial charge in [-0.2, -0.15) is 0 Å². The highest BCUT2D eigenvalue weighted by Gasteiger charge is 2.25. The third-order valence-electron chi connectivity index (χ3n) is 4.34. The molecule has 0 aliphatic heterocycles. The van der Waals surface area contributed by atoms with E-state index >= 15 is 0 Å². The molecule has 0 bridgehead atoms. The quantitative estimate of drug-likeness (QED) is 0.748. The van der Waals surface area contributed by atoms with Gasteiger partial charge < -0.3 is 14.4 Å². The smallest absolute Gasteiger partial charge is 0.228 e. The Balaban J connectivity index is 1.70. The first kappa shape index (κ1) is 17.0. The lowest BCUT2D eigenvalue weighted by molar-refractivity contribution is -0.122. The molecule has 0 saturated carbocycles. The van der Waals surface area contributed by atoms with Gasteiger partial charge in [0.25, 0.3) is 0 Å². The molecule has 3 aromatic rings. The molecule has 130 valence electrons. The van der Waals surface area contributed by atoms with Crippen LogP contribution in [0.5, 0.6) is 0 Å². The molecule has 6 heteroatoms. The zero-order chi connectivity index (χ0) is 17.8. The highest BCUT2D eigenvalue weighted by molar-refractivity contribution is 5.84. The van der Waals surface area contributed by atoms with Crippen molar-refractivity contribution in [3.63, 3.8) is 0 Å². The Labute approximate surface area is 146 Å². The van der Waals surface area contributed by atoms with E-state index in [2.05, 4.69) is 15.5 Å². The average Bonchev–Trinajstić information content (AvgIpc) is 3.26. The number of amides is 1. The van der Waals surface area contributed by atoms with E-state index in [9.17, 15) is 4.79 Å². The molecule has 0 fully saturated rings. The van der Waals surface area contributed by atoms with Gasteiger partial charge in [0.15, 0.2) is 0 Å². The molecule has 2 heterocycles. The van der Waals surface area contributed by atoms with Gasteiger partial charge in [-0.25, -0.2) is 4.98 Å². The maximum absolute atomic E-state index is 12.7. The van der Waals surface area contributed by atoms with E-state index in [0.29, 0.717) is 18.7 Å². The van der Waals surface area contributed by atoms with Gasteiger partial charge in [-0.1, -0.05) is 24.2 Å². The summed E-state index contributed by atoms with van der Waals surface area (Å²) in [6.07, 6.45) is 6.08. The van der Waals surface area contributed by atoms with Gasteiger partial charge in [0.2, 0.25) is 5.91 Å². The molecule has 25 heavy (non-hydrogen) atoms. The monoisotopic (exact) mass is 338 g/mol. The molecule has 0 aliphatic rings. The van der Waals surface area contributed by atoms with E-state index in [1.807, 2.05) is 55.8 Å². The average molecular weight is 338 g/mol. The number of aromatic nitrogens is 3. The number of rotatable bonds is 6. The van der Waals surface area contributed by atoms with Crippen LogP contribution >= 0.6 is 0 Å². The molecule has 0 unspecified atom stereocenters. The van der Waals surface area contributed by atoms with Crippen molar-refractivity contribution in [1.82, 2.24) is 20.0 Å². The Morgan fingerprint density at radius 1 is 1.36 bits per heavy atom. The standard InChI is InChI=1S/C19H22N4O2/c1-4-17(18-13(2)22-25-14(18)3)19(24)21-11-15-6-5-7-16(10-15)23-9-8-20-12-23/h5-10,12,17H,4,11H2,1-3H3,(H,21,24)/t17-/m1/s1. The summed E-state index contributed by atoms with van der Waals surface area (Å²) in [7, 11) is 0. The van der Waals surface area contributed by atoms with E-state index < -0.39 is 0 Å². The summed E-state index contributed by atoms with van der Waals surface area (Å²) >= 11 is 0. The molecule has 1 aromatic carbocycles. The van der Waals surface area contributed by atoms with E-state index in [0.717, 1.165) is 22.5 Å². The van der Waals surface area contributed by atoms with Crippen LogP contribution in [0.15, 0.2) is 47.5 Å². The maximum atomic E-state index is 12.7. The molecular formula is C19H22N4O2. The van der Waals surface area contributed by atoms with Crippen LogP contribution in [0.2, 0.25) is 0 Å². The molecule has 1 atom stereocenters. The minimum Gasteiger partial charge on any atom is -0.361 e. The first-order chi connectivity index (χ1) is 12.1. The number of benzene rings is 1. The van der Waals surface area contributed by atoms with Crippen molar-refractivity contribution in [2.45, 2.75) is 39.7 Å². The lowest BCUT2D eigenvalue weighted by Gasteiger charge is -2.15. The van der Waals surface area contributed by atoms with Gasteiger partial charge in [0.05, 0.1) is 17.9 Å². The van der Waals surface area contributed by atoms with Crippen LogP contribution in [0.1, 0.15) is 41.8 Å². The van der Waals surface area contributed by atoms with E-state index in [1.54, 1.807) is 12.5 Å². The molecule has 1 amide bonds. The predicted octanol–water partition coefficient (Wildman–Crippen LogP) is 3.29. The van der Waals surface area contributed by atoms with Crippen LogP contribution in [0, 0.1) is 13.8 Å². The summed E-state index contributed by atoms with van der Waals surface area (Å²) in [5.74, 6) is 0.453. The Bertz CT molecular complexity index is 833. The van der Waals surface area contributed by atoms with Crippen molar-refractivity contribution in [1.29, 1.82) is 0 Å². The van der Waals surface area contributed by atoms with Crippen molar-refractivity contribution in [2.75, 3.05) is 0 Å². The molecule has 6 nitrogen and oxygen atoms in total. The summed E-state index contributed by atoms with van der Waals surface area (Å²) in [5.41, 5.74) is 3.73. The second-order valence-electron chi connectivity index (χ2n) is 6.06. The first-order valence-electron chi connectivity index (χ1n) is 8.38. The summed E-state index contributed by atoms with van der Waals surface area (Å²) in [4.78, 5) is 16.7. The number of hydrogen-bond acceptors (Lipinski definition) is 4. The first-order valence-corrected chi connectivity index (χ1v) is 8.38. The number of carbonyl (C=O) groups is 1. The van der Waals surface area contributed by atoms with Crippen molar-refractivity contribution in [2.24, 2.45) is 0 Å². The van der Waals surface area contributed by atoms with E-state index in [-0.39, 0.29) is 11.8 Å². The van der Waals surface area contributed by atoms with Crippen LogP contribution in [-0.2, 0) is 11.3 Å². The fourth-order valence-corrected chi connectivity index (χ4v) is 3.06. The Kier molecular flexibility index (Phi) is 4.97. The van der Waals surface area contributed by atoms with Crippen LogP contribution in [0.25, 0.3) is 5.69 Å². The van der Waals surface area contributed by atoms with Gasteiger partial charge in [-0.3, -0.25) is 4.79 Å². The molecule has 0 radical (unpaired) electrons. The fraction of sp³-hybridized carbons (Fsp3) is 0.316. The zero-order valence-corrected chi connectivity index (χ0v) is 14.7. The van der Waals surface area contributed by atoms with Gasteiger partial charge >= 0.3 is 0 Å². The zero-order valence-electron chi connectivity index (χ0n) is 14.7. The fourth-order valence-electron chi connectivity index (χ4n) is 3.06. The molecule has 2 aromatic heterocycles. The van der Waals surface area contributed by atoms with Crippen LogP contribution in [0.4, 0.5) is 0 Å². The minimum absolute atomic E-state index is 0.00932. The summed E-state index contributed by atoms with van der Waals surface area (Å²) < 4.78 is 7.14. The predicted molar refractivity (Wildman–Crippen MR) is 94.4 cm³/mol. The third kappa shape index (κ3) is 3.63. The van der Waals surface area contributed by atoms with Crippen molar-refractivity contribution in [3.8, 4) is 5.69 Å². The number of aryl methyl sites for hydroxylation is 2. The largest absolute Gasteiger partial charge is 0.361 e. The van der Waals surface area contributed by atoms with Gasteiger partial charge in [0, 0.05) is 30.2 Å². The van der Waals surface area contributed by atoms with E-state index in [4.69, 9.17) is 4.52 Å². The molecule has 3 rings (SSSR count). The van der Waals surface area contributed by atoms with Crippen LogP contribution < -0.4 is 5.32 Å². The van der Waals surface area contributed by atoms with Crippen LogP contribution in [0.3, 0.4) is 0 Å². The SMILES string of the molecule is CC[C@@H](C(=O)NCc1cccc(-n2ccnc2)c1)c1c(C)noc1C. The molecular weight excluding hydrogens is 316 g/mol. The number of imidazole rings is 1. The van der Waals surface area contributed by atoms with Gasteiger partial charge in [0.1, 0.15) is 5.76 Å². The molecule has 0 aliphatic carbocycles. The van der Waals surface area contributed by atoms with Crippen molar-refractivity contribution in [3.05, 3.63) is 65.6 Å². The molecule has 0 spiro atoms. The Morgan fingerprint density at radius 3 is 2.84 bits per heavy atom. The number of nitrogens with zero attached hydrogens (tertiary/aromatic N) is 3. The number of hydrogen-bond donors (Lipinski definition) is 1. The Hall–Kier alpha value is -2.89. The number of nitrogens with one attached hydrogen (secondary N) is 1. The third-order valence-corrected chi connectivity index (χ3v) is 4.34. The van der Waals surface area contributed by atoms with E-state index in [1.165, 1.54) is 0 Å². The van der Waals surface area contributed by atoms with Crippen molar-refractivity contribution < 1.29 is 9.32 Å². The second-order valence-corrected chi connectivity index (χ2v) is 6.06. The Morgan fingerprint density at radius 2 is 2.20 bits per heavy atom. The highest BCUT2D eigenvalue weighted by atomic mass is 16.5. The molecule has 0 saturated heterocycles. The lowest BCUT2D eigenvalue weighted by Crippen LogP contribution is -2.29. The highest BCUT2D eigenvalue weighted by Crippen LogP contribution is 2.26. The van der Waals surface area contributed by atoms with Gasteiger partial charge in [-0.15, -0.1) is 0 Å². The van der Waals surface area contributed by atoms with Gasteiger partial charge in [-0.05, 0) is 38.0 Å². The second kappa shape index (κ2) is 7.34. The molecule has 1 N–H and O–H groups in total. The topological polar surface area (TPSA) is 73.0 Å².